The van der Waals surface area contributed by atoms with Crippen LogP contribution in [0.4, 0.5) is 0 Å². The Labute approximate surface area is 133 Å². The lowest BCUT2D eigenvalue weighted by Gasteiger charge is -2.15. The minimum Gasteiger partial charge on any atom is -0.490 e. The minimum atomic E-state index is 0.643. The van der Waals surface area contributed by atoms with Gasteiger partial charge in [0.15, 0.2) is 11.5 Å². The molecule has 0 atom stereocenters. The predicted octanol–water partition coefficient (Wildman–Crippen LogP) is 5.70. The molecule has 0 aliphatic carbocycles. The lowest BCUT2D eigenvalue weighted by Crippen LogP contribution is -2.02. The first kappa shape index (κ1) is 16.8. The van der Waals surface area contributed by atoms with Crippen LogP contribution in [0.5, 0.6) is 11.5 Å². The van der Waals surface area contributed by atoms with Gasteiger partial charge in [-0.2, -0.15) is 0 Å². The number of rotatable bonds is 9. The van der Waals surface area contributed by atoms with Crippen molar-refractivity contribution < 1.29 is 9.47 Å². The van der Waals surface area contributed by atoms with Crippen molar-refractivity contribution >= 4 is 31.9 Å². The summed E-state index contributed by atoms with van der Waals surface area (Å²) in [5.41, 5.74) is 1.17. The number of hydrogen-bond acceptors (Lipinski definition) is 2. The predicted molar refractivity (Wildman–Crippen MR) is 87.6 cm³/mol. The highest BCUT2D eigenvalue weighted by molar-refractivity contribution is 9.10. The Balaban J connectivity index is 2.68. The molecule has 0 unspecified atom stereocenters. The van der Waals surface area contributed by atoms with Crippen LogP contribution in [0.15, 0.2) is 16.6 Å². The maximum absolute atomic E-state index is 5.88. The van der Waals surface area contributed by atoms with Crippen molar-refractivity contribution in [1.82, 2.24) is 0 Å². The highest BCUT2D eigenvalue weighted by atomic mass is 79.9. The van der Waals surface area contributed by atoms with Gasteiger partial charge in [-0.3, -0.25) is 0 Å². The van der Waals surface area contributed by atoms with Gasteiger partial charge in [-0.25, -0.2) is 0 Å². The Bertz CT molecular complexity index is 381. The van der Waals surface area contributed by atoms with Crippen LogP contribution in [-0.2, 0) is 5.33 Å². The van der Waals surface area contributed by atoms with Crippen LogP contribution in [0.1, 0.15) is 45.1 Å². The van der Waals surface area contributed by atoms with E-state index in [4.69, 9.17) is 9.47 Å². The van der Waals surface area contributed by atoms with E-state index in [9.17, 15) is 0 Å². The molecule has 0 fully saturated rings. The van der Waals surface area contributed by atoms with Gasteiger partial charge in [0.25, 0.3) is 0 Å². The van der Waals surface area contributed by atoms with Crippen molar-refractivity contribution in [3.63, 3.8) is 0 Å². The van der Waals surface area contributed by atoms with Crippen molar-refractivity contribution in [3.8, 4) is 11.5 Å². The van der Waals surface area contributed by atoms with E-state index in [1.165, 1.54) is 24.8 Å². The fourth-order valence-electron chi connectivity index (χ4n) is 1.80. The molecule has 19 heavy (non-hydrogen) atoms. The molecule has 1 aromatic rings. The van der Waals surface area contributed by atoms with E-state index < -0.39 is 0 Å². The first-order chi connectivity index (χ1) is 9.22. The topological polar surface area (TPSA) is 18.5 Å². The molecule has 0 saturated carbocycles. The summed E-state index contributed by atoms with van der Waals surface area (Å²) in [6.07, 6.45) is 4.82. The van der Waals surface area contributed by atoms with Crippen molar-refractivity contribution in [3.05, 3.63) is 22.2 Å². The summed E-state index contributed by atoms with van der Waals surface area (Å²) in [5, 5.41) is 0.808. The van der Waals surface area contributed by atoms with Crippen molar-refractivity contribution in [2.24, 2.45) is 0 Å². The quantitative estimate of drug-likeness (QED) is 0.395. The fourth-order valence-corrected chi connectivity index (χ4v) is 2.73. The molecule has 2 nitrogen and oxygen atoms in total. The number of alkyl halides is 1. The highest BCUT2D eigenvalue weighted by Crippen LogP contribution is 2.37. The van der Waals surface area contributed by atoms with Gasteiger partial charge >= 0.3 is 0 Å². The van der Waals surface area contributed by atoms with Crippen LogP contribution in [0, 0.1) is 0 Å². The molecular formula is C15H22Br2O2. The third-order valence-corrected chi connectivity index (χ3v) is 4.00. The Kier molecular flexibility index (Phi) is 8.55. The third-order valence-electron chi connectivity index (χ3n) is 2.77. The second-order valence-electron chi connectivity index (χ2n) is 4.38. The molecule has 4 heteroatoms. The normalized spacial score (nSPS) is 10.5. The molecule has 0 amide bonds. The SMILES string of the molecule is CCCCCCOc1c(Br)cc(CBr)cc1OCC. The monoisotopic (exact) mass is 392 g/mol. The average molecular weight is 394 g/mol. The summed E-state index contributed by atoms with van der Waals surface area (Å²) in [4.78, 5) is 0. The fraction of sp³-hybridized carbons (Fsp3) is 0.600. The molecule has 0 spiro atoms. The van der Waals surface area contributed by atoms with Crippen LogP contribution < -0.4 is 9.47 Å². The van der Waals surface area contributed by atoms with Gasteiger partial charge in [-0.05, 0) is 47.0 Å². The van der Waals surface area contributed by atoms with E-state index in [1.807, 2.05) is 13.0 Å². The summed E-state index contributed by atoms with van der Waals surface area (Å²) in [5.74, 6) is 1.64. The zero-order valence-electron chi connectivity index (χ0n) is 11.7. The van der Waals surface area contributed by atoms with Gasteiger partial charge in [-0.1, -0.05) is 42.1 Å². The molecule has 0 heterocycles. The number of hydrogen-bond donors (Lipinski definition) is 0. The summed E-state index contributed by atoms with van der Waals surface area (Å²) in [6, 6.07) is 4.10. The molecule has 0 radical (unpaired) electrons. The lowest BCUT2D eigenvalue weighted by atomic mass is 10.2. The van der Waals surface area contributed by atoms with Crippen molar-refractivity contribution in [2.75, 3.05) is 13.2 Å². The molecule has 1 aromatic carbocycles. The lowest BCUT2D eigenvalue weighted by molar-refractivity contribution is 0.269. The van der Waals surface area contributed by atoms with Gasteiger partial charge in [0.05, 0.1) is 17.7 Å². The molecule has 108 valence electrons. The number of ether oxygens (including phenoxy) is 2. The summed E-state index contributed by atoms with van der Waals surface area (Å²) >= 11 is 7.03. The number of unbranched alkanes of at least 4 members (excludes halogenated alkanes) is 3. The van der Waals surface area contributed by atoms with Crippen LogP contribution in [0.25, 0.3) is 0 Å². The smallest absolute Gasteiger partial charge is 0.175 e. The van der Waals surface area contributed by atoms with E-state index in [-0.39, 0.29) is 0 Å². The number of benzene rings is 1. The van der Waals surface area contributed by atoms with E-state index in [2.05, 4.69) is 44.8 Å². The maximum Gasteiger partial charge on any atom is 0.175 e. The molecule has 0 saturated heterocycles. The van der Waals surface area contributed by atoms with Crippen LogP contribution >= 0.6 is 31.9 Å². The molecule has 0 aliphatic rings. The second kappa shape index (κ2) is 9.65. The summed E-state index contributed by atoms with van der Waals surface area (Å²) < 4.78 is 12.5. The molecule has 0 aliphatic heterocycles. The van der Waals surface area contributed by atoms with E-state index in [1.54, 1.807) is 0 Å². The maximum atomic E-state index is 5.88. The summed E-state index contributed by atoms with van der Waals surface area (Å²) in [6.45, 7) is 5.58. The van der Waals surface area contributed by atoms with Gasteiger partial charge in [0.2, 0.25) is 0 Å². The largest absolute Gasteiger partial charge is 0.490 e. The molecule has 0 bridgehead atoms. The first-order valence-electron chi connectivity index (χ1n) is 6.86. The van der Waals surface area contributed by atoms with Gasteiger partial charge in [0.1, 0.15) is 0 Å². The zero-order chi connectivity index (χ0) is 14.1. The Morgan fingerprint density at radius 3 is 2.47 bits per heavy atom. The van der Waals surface area contributed by atoms with Crippen molar-refractivity contribution in [2.45, 2.75) is 44.9 Å². The van der Waals surface area contributed by atoms with Gasteiger partial charge in [0, 0.05) is 5.33 Å². The van der Waals surface area contributed by atoms with Crippen LogP contribution in [-0.4, -0.2) is 13.2 Å². The van der Waals surface area contributed by atoms with E-state index in [0.717, 1.165) is 34.3 Å². The average Bonchev–Trinajstić information content (AvgIpc) is 2.41. The van der Waals surface area contributed by atoms with Crippen LogP contribution in [0.2, 0.25) is 0 Å². The van der Waals surface area contributed by atoms with Gasteiger partial charge in [-0.15, -0.1) is 0 Å². The molecule has 0 N–H and O–H groups in total. The Morgan fingerprint density at radius 2 is 1.84 bits per heavy atom. The second-order valence-corrected chi connectivity index (χ2v) is 5.80. The number of halogens is 2. The molecule has 0 aromatic heterocycles. The Hall–Kier alpha value is -0.220. The zero-order valence-corrected chi connectivity index (χ0v) is 14.8. The van der Waals surface area contributed by atoms with E-state index >= 15 is 0 Å². The first-order valence-corrected chi connectivity index (χ1v) is 8.78. The van der Waals surface area contributed by atoms with Crippen molar-refractivity contribution in [1.29, 1.82) is 0 Å². The minimum absolute atomic E-state index is 0.643. The standard InChI is InChI=1S/C15H22Br2O2/c1-3-5-6-7-8-19-15-13(17)9-12(11-16)10-14(15)18-4-2/h9-10H,3-8,11H2,1-2H3. The highest BCUT2D eigenvalue weighted by Gasteiger charge is 2.11. The molecular weight excluding hydrogens is 372 g/mol. The summed E-state index contributed by atoms with van der Waals surface area (Å²) in [7, 11) is 0. The Morgan fingerprint density at radius 1 is 1.05 bits per heavy atom. The van der Waals surface area contributed by atoms with Gasteiger partial charge < -0.3 is 9.47 Å². The van der Waals surface area contributed by atoms with Crippen LogP contribution in [0.3, 0.4) is 0 Å². The van der Waals surface area contributed by atoms with E-state index in [0.29, 0.717) is 6.61 Å². The molecule has 1 rings (SSSR count). The third kappa shape index (κ3) is 5.74.